The van der Waals surface area contributed by atoms with Crippen LogP contribution in [0, 0.1) is 5.92 Å². The van der Waals surface area contributed by atoms with Gasteiger partial charge in [-0.05, 0) is 43.0 Å². The Bertz CT molecular complexity index is 846. The molecule has 3 heterocycles. The van der Waals surface area contributed by atoms with Crippen molar-refractivity contribution in [2.24, 2.45) is 5.92 Å². The van der Waals surface area contributed by atoms with Crippen molar-refractivity contribution in [3.05, 3.63) is 41.7 Å². The highest BCUT2D eigenvalue weighted by molar-refractivity contribution is 5.80. The van der Waals surface area contributed by atoms with Crippen molar-refractivity contribution in [1.29, 1.82) is 0 Å². The van der Waals surface area contributed by atoms with E-state index in [0.29, 0.717) is 13.3 Å². The SMILES string of the molecule is O=C(NCC[C@H]1CN(Cc2ccc3c(c2)OCO3)Cc2ccnn21)C1CC1. The maximum Gasteiger partial charge on any atom is 0.231 e. The Kier molecular flexibility index (Phi) is 4.24. The number of benzene rings is 1. The molecule has 7 nitrogen and oxygen atoms in total. The van der Waals surface area contributed by atoms with Crippen molar-refractivity contribution in [2.45, 2.75) is 38.4 Å². The number of fused-ring (bicyclic) bond motifs is 2. The van der Waals surface area contributed by atoms with Crippen molar-refractivity contribution >= 4 is 5.91 Å². The lowest BCUT2D eigenvalue weighted by Gasteiger charge is -2.34. The van der Waals surface area contributed by atoms with Gasteiger partial charge in [-0.15, -0.1) is 0 Å². The van der Waals surface area contributed by atoms with E-state index in [1.807, 2.05) is 12.3 Å². The van der Waals surface area contributed by atoms with Gasteiger partial charge in [0.15, 0.2) is 11.5 Å². The number of nitrogens with zero attached hydrogens (tertiary/aromatic N) is 3. The van der Waals surface area contributed by atoms with Gasteiger partial charge in [0.2, 0.25) is 12.7 Å². The zero-order chi connectivity index (χ0) is 18.2. The molecule has 0 saturated heterocycles. The maximum atomic E-state index is 11.9. The van der Waals surface area contributed by atoms with Crippen LogP contribution in [0.4, 0.5) is 0 Å². The van der Waals surface area contributed by atoms with Gasteiger partial charge < -0.3 is 14.8 Å². The number of hydrogen-bond donors (Lipinski definition) is 1. The van der Waals surface area contributed by atoms with Gasteiger partial charge in [-0.25, -0.2) is 0 Å². The summed E-state index contributed by atoms with van der Waals surface area (Å²) in [5.41, 5.74) is 2.44. The van der Waals surface area contributed by atoms with E-state index in [2.05, 4.69) is 38.2 Å². The summed E-state index contributed by atoms with van der Waals surface area (Å²) in [6.07, 6.45) is 4.85. The third-order valence-electron chi connectivity index (χ3n) is 5.52. The molecule has 7 heteroatoms. The number of hydrogen-bond acceptors (Lipinski definition) is 5. The molecule has 0 bridgehead atoms. The summed E-state index contributed by atoms with van der Waals surface area (Å²) in [4.78, 5) is 14.3. The van der Waals surface area contributed by atoms with E-state index in [9.17, 15) is 4.79 Å². The summed E-state index contributed by atoms with van der Waals surface area (Å²) in [6, 6.07) is 8.51. The molecule has 1 saturated carbocycles. The van der Waals surface area contributed by atoms with Gasteiger partial charge in [0.05, 0.1) is 11.7 Å². The Labute approximate surface area is 158 Å². The third kappa shape index (κ3) is 3.51. The zero-order valence-electron chi connectivity index (χ0n) is 15.3. The molecule has 5 rings (SSSR count). The lowest BCUT2D eigenvalue weighted by Crippen LogP contribution is -2.39. The first kappa shape index (κ1) is 16.6. The van der Waals surface area contributed by atoms with E-state index in [0.717, 1.165) is 50.4 Å². The van der Waals surface area contributed by atoms with Crippen LogP contribution in [0.15, 0.2) is 30.5 Å². The summed E-state index contributed by atoms with van der Waals surface area (Å²) in [6.45, 7) is 3.65. The van der Waals surface area contributed by atoms with Crippen molar-refractivity contribution in [2.75, 3.05) is 19.9 Å². The second kappa shape index (κ2) is 6.88. The molecule has 2 aromatic rings. The predicted octanol–water partition coefficient (Wildman–Crippen LogP) is 2.08. The number of ether oxygens (including phenoxy) is 2. The molecule has 1 atom stereocenters. The largest absolute Gasteiger partial charge is 0.454 e. The van der Waals surface area contributed by atoms with Crippen molar-refractivity contribution in [3.8, 4) is 11.5 Å². The molecule has 1 N–H and O–H groups in total. The van der Waals surface area contributed by atoms with Crippen LogP contribution >= 0.6 is 0 Å². The molecule has 0 unspecified atom stereocenters. The van der Waals surface area contributed by atoms with Gasteiger partial charge in [0.25, 0.3) is 0 Å². The van der Waals surface area contributed by atoms with Crippen LogP contribution in [-0.2, 0) is 17.9 Å². The highest BCUT2D eigenvalue weighted by Crippen LogP contribution is 2.33. The molecular formula is C20H24N4O3. The van der Waals surface area contributed by atoms with Gasteiger partial charge in [-0.1, -0.05) is 6.07 Å². The zero-order valence-corrected chi connectivity index (χ0v) is 15.3. The van der Waals surface area contributed by atoms with Crippen LogP contribution in [0.25, 0.3) is 0 Å². The molecule has 1 aromatic heterocycles. The van der Waals surface area contributed by atoms with Crippen LogP contribution in [0.3, 0.4) is 0 Å². The van der Waals surface area contributed by atoms with Crippen molar-refractivity contribution in [1.82, 2.24) is 20.0 Å². The standard InChI is InChI=1S/C20H24N4O3/c25-20(15-2-3-15)21-7-5-16-11-23(12-17-6-8-22-24(16)17)10-14-1-4-18-19(9-14)27-13-26-18/h1,4,6,8-9,15-16H,2-3,5,7,10-13H2,(H,21,25)/t16-/m0/s1. The average Bonchev–Trinajstić information content (AvgIpc) is 3.23. The van der Waals surface area contributed by atoms with Gasteiger partial charge in [0.1, 0.15) is 0 Å². The monoisotopic (exact) mass is 368 g/mol. The number of aromatic nitrogens is 2. The Hall–Kier alpha value is -2.54. The van der Waals surface area contributed by atoms with E-state index in [-0.39, 0.29) is 17.9 Å². The lowest BCUT2D eigenvalue weighted by molar-refractivity contribution is -0.122. The summed E-state index contributed by atoms with van der Waals surface area (Å²) in [5, 5.41) is 7.59. The first-order valence-corrected chi connectivity index (χ1v) is 9.67. The summed E-state index contributed by atoms with van der Waals surface area (Å²) in [5.74, 6) is 2.12. The summed E-state index contributed by atoms with van der Waals surface area (Å²) < 4.78 is 13.0. The topological polar surface area (TPSA) is 68.6 Å². The molecule has 0 spiro atoms. The molecule has 1 amide bonds. The number of rotatable bonds is 6. The Morgan fingerprint density at radius 2 is 2.11 bits per heavy atom. The highest BCUT2D eigenvalue weighted by atomic mass is 16.7. The Morgan fingerprint density at radius 1 is 1.22 bits per heavy atom. The Morgan fingerprint density at radius 3 is 3.00 bits per heavy atom. The summed E-state index contributed by atoms with van der Waals surface area (Å²) in [7, 11) is 0. The van der Waals surface area contributed by atoms with Gasteiger partial charge in [0, 0.05) is 38.3 Å². The van der Waals surface area contributed by atoms with E-state index < -0.39 is 0 Å². The normalized spacial score (nSPS) is 21.1. The molecule has 3 aliphatic rings. The van der Waals surface area contributed by atoms with Crippen LogP contribution in [0.1, 0.15) is 36.6 Å². The van der Waals surface area contributed by atoms with Crippen LogP contribution in [0.5, 0.6) is 11.5 Å². The first-order valence-electron chi connectivity index (χ1n) is 9.67. The van der Waals surface area contributed by atoms with Crippen LogP contribution in [-0.4, -0.2) is 40.5 Å². The number of carbonyl (C=O) groups excluding carboxylic acids is 1. The number of carbonyl (C=O) groups is 1. The van der Waals surface area contributed by atoms with Crippen LogP contribution in [0.2, 0.25) is 0 Å². The lowest BCUT2D eigenvalue weighted by atomic mass is 10.1. The number of nitrogens with one attached hydrogen (secondary N) is 1. The minimum absolute atomic E-state index is 0.212. The highest BCUT2D eigenvalue weighted by Gasteiger charge is 2.30. The second-order valence-electron chi connectivity index (χ2n) is 7.63. The maximum absolute atomic E-state index is 11.9. The van der Waals surface area contributed by atoms with E-state index in [1.165, 1.54) is 11.3 Å². The smallest absolute Gasteiger partial charge is 0.231 e. The molecule has 0 radical (unpaired) electrons. The van der Waals surface area contributed by atoms with Gasteiger partial charge in [-0.3, -0.25) is 14.4 Å². The molecule has 142 valence electrons. The Balaban J connectivity index is 1.24. The fourth-order valence-corrected chi connectivity index (χ4v) is 3.95. The van der Waals surface area contributed by atoms with Gasteiger partial charge >= 0.3 is 0 Å². The number of amides is 1. The van der Waals surface area contributed by atoms with Crippen molar-refractivity contribution < 1.29 is 14.3 Å². The minimum Gasteiger partial charge on any atom is -0.454 e. The van der Waals surface area contributed by atoms with Crippen molar-refractivity contribution in [3.63, 3.8) is 0 Å². The molecule has 1 aliphatic carbocycles. The fourth-order valence-electron chi connectivity index (χ4n) is 3.95. The molecule has 2 aliphatic heterocycles. The van der Waals surface area contributed by atoms with Crippen LogP contribution < -0.4 is 14.8 Å². The predicted molar refractivity (Wildman–Crippen MR) is 98.3 cm³/mol. The molecular weight excluding hydrogens is 344 g/mol. The molecule has 1 fully saturated rings. The van der Waals surface area contributed by atoms with E-state index in [1.54, 1.807) is 0 Å². The first-order chi connectivity index (χ1) is 13.3. The second-order valence-corrected chi connectivity index (χ2v) is 7.63. The van der Waals surface area contributed by atoms with E-state index >= 15 is 0 Å². The molecule has 1 aromatic carbocycles. The quantitative estimate of drug-likeness (QED) is 0.846. The fraction of sp³-hybridized carbons (Fsp3) is 0.500. The summed E-state index contributed by atoms with van der Waals surface area (Å²) >= 11 is 0. The van der Waals surface area contributed by atoms with Gasteiger partial charge in [-0.2, -0.15) is 5.10 Å². The third-order valence-corrected chi connectivity index (χ3v) is 5.52. The average molecular weight is 368 g/mol. The molecule has 27 heavy (non-hydrogen) atoms. The minimum atomic E-state index is 0.212. The van der Waals surface area contributed by atoms with E-state index in [4.69, 9.17) is 9.47 Å².